The molecule has 2 atom stereocenters. The van der Waals surface area contributed by atoms with Gasteiger partial charge in [0.2, 0.25) is 0 Å². The van der Waals surface area contributed by atoms with E-state index < -0.39 is 5.60 Å². The Morgan fingerprint density at radius 2 is 2.05 bits per heavy atom. The molecule has 1 heterocycles. The molecule has 6 nitrogen and oxygen atoms in total. The van der Waals surface area contributed by atoms with E-state index in [1.165, 1.54) is 0 Å². The van der Waals surface area contributed by atoms with Crippen molar-refractivity contribution >= 4 is 32.4 Å². The Labute approximate surface area is 134 Å². The topological polar surface area (TPSA) is 80.3 Å². The molecule has 1 aliphatic heterocycles. The van der Waals surface area contributed by atoms with Gasteiger partial charge in [0.05, 0.1) is 11.8 Å². The van der Waals surface area contributed by atoms with Crippen LogP contribution in [-0.2, 0) is 4.74 Å². The lowest BCUT2D eigenvalue weighted by Crippen LogP contribution is -2.46. The number of likely N-dealkylation sites (tertiary alicyclic amines) is 1. The number of hydrogen-bond donors (Lipinski definition) is 1. The second-order valence-corrected chi connectivity index (χ2v) is 7.15. The summed E-state index contributed by atoms with van der Waals surface area (Å²) < 4.78 is 5.97. The Balaban J connectivity index is 2.65. The van der Waals surface area contributed by atoms with Crippen LogP contribution in [0.5, 0.6) is 0 Å². The molecule has 0 aliphatic carbocycles. The molecule has 0 radical (unpaired) electrons. The van der Waals surface area contributed by atoms with Crippen molar-refractivity contribution in [3.63, 3.8) is 0 Å². The van der Waals surface area contributed by atoms with E-state index in [-0.39, 0.29) is 18.1 Å². The molecule has 1 aliphatic rings. The molecule has 120 valence electrons. The largest absolute Gasteiger partial charge is 0.444 e. The van der Waals surface area contributed by atoms with Crippen LogP contribution in [0.15, 0.2) is 10.1 Å². The van der Waals surface area contributed by atoms with Crippen molar-refractivity contribution < 1.29 is 9.53 Å². The molecular formula is C14H25BrN4O2. The third-order valence-electron chi connectivity index (χ3n) is 3.28. The minimum Gasteiger partial charge on any atom is -0.444 e. The molecule has 0 saturated carbocycles. The number of hydrogen-bond acceptors (Lipinski definition) is 5. The molecule has 1 fully saturated rings. The number of amides is 1. The van der Waals surface area contributed by atoms with Gasteiger partial charge >= 0.3 is 6.09 Å². The van der Waals surface area contributed by atoms with Crippen molar-refractivity contribution in [1.82, 2.24) is 4.90 Å². The lowest BCUT2D eigenvalue weighted by molar-refractivity contribution is 0.0159. The van der Waals surface area contributed by atoms with Crippen LogP contribution >= 0.6 is 15.9 Å². The maximum Gasteiger partial charge on any atom is 0.410 e. The number of nitrogens with zero attached hydrogens (tertiary/aromatic N) is 3. The summed E-state index contributed by atoms with van der Waals surface area (Å²) in [6.45, 7) is 10.9. The summed E-state index contributed by atoms with van der Waals surface area (Å²) in [5.41, 5.74) is 0.314. The predicted molar refractivity (Wildman–Crippen MR) is 89.0 cm³/mol. The molecule has 2 N–H and O–H groups in total. The van der Waals surface area contributed by atoms with Crippen LogP contribution in [0.1, 0.15) is 41.0 Å². The second-order valence-electron chi connectivity index (χ2n) is 6.39. The zero-order chi connectivity index (χ0) is 16.2. The van der Waals surface area contributed by atoms with E-state index in [2.05, 4.69) is 32.9 Å². The third-order valence-corrected chi connectivity index (χ3v) is 4.06. The minimum absolute atomic E-state index is 0.165. The van der Waals surface area contributed by atoms with E-state index in [0.29, 0.717) is 17.7 Å². The van der Waals surface area contributed by atoms with Gasteiger partial charge in [-0.2, -0.15) is 5.10 Å². The first-order valence-electron chi connectivity index (χ1n) is 7.10. The fourth-order valence-electron chi connectivity index (χ4n) is 2.21. The highest BCUT2D eigenvalue weighted by Crippen LogP contribution is 2.22. The van der Waals surface area contributed by atoms with Crippen molar-refractivity contribution in [3.8, 4) is 0 Å². The smallest absolute Gasteiger partial charge is 0.410 e. The highest BCUT2D eigenvalue weighted by atomic mass is 79.9. The summed E-state index contributed by atoms with van der Waals surface area (Å²) in [6.07, 6.45) is 0.556. The molecule has 1 rings (SSSR count). The first kappa shape index (κ1) is 17.9. The third kappa shape index (κ3) is 5.65. The Kier molecular flexibility index (Phi) is 6.19. The number of nitrogens with two attached hydrogens (primary N) is 1. The van der Waals surface area contributed by atoms with Crippen LogP contribution in [-0.4, -0.2) is 46.1 Å². The second kappa shape index (κ2) is 7.24. The van der Waals surface area contributed by atoms with E-state index >= 15 is 0 Å². The predicted octanol–water partition coefficient (Wildman–Crippen LogP) is 2.76. The molecule has 0 bridgehead atoms. The van der Waals surface area contributed by atoms with Crippen LogP contribution in [0.3, 0.4) is 0 Å². The summed E-state index contributed by atoms with van der Waals surface area (Å²) in [4.78, 5) is 18.5. The lowest BCUT2D eigenvalue weighted by Gasteiger charge is -2.36. The number of carbonyl (C=O) groups is 1. The fourth-order valence-corrected chi connectivity index (χ4v) is 2.32. The molecule has 0 aromatic heterocycles. The summed E-state index contributed by atoms with van der Waals surface area (Å²) >= 11 is 3.27. The van der Waals surface area contributed by atoms with Gasteiger partial charge in [0.1, 0.15) is 10.2 Å². The van der Waals surface area contributed by atoms with Gasteiger partial charge in [-0.25, -0.2) is 4.79 Å². The van der Waals surface area contributed by atoms with Crippen LogP contribution in [0.25, 0.3) is 0 Å². The van der Waals surface area contributed by atoms with Crippen molar-refractivity contribution in [3.05, 3.63) is 0 Å². The number of hydrazone groups is 1. The molecular weight excluding hydrogens is 336 g/mol. The number of aliphatic imine (C=N–C) groups is 1. The van der Waals surface area contributed by atoms with Gasteiger partial charge in [-0.05, 0) is 56.0 Å². The first-order chi connectivity index (χ1) is 9.64. The number of halogens is 1. The monoisotopic (exact) mass is 360 g/mol. The molecule has 7 heteroatoms. The Hall–Kier alpha value is -1.11. The normalized spacial score (nSPS) is 25.0. The number of carbonyl (C=O) groups excluding carboxylic acids is 1. The van der Waals surface area contributed by atoms with E-state index in [9.17, 15) is 4.79 Å². The Morgan fingerprint density at radius 1 is 1.43 bits per heavy atom. The quantitative estimate of drug-likeness (QED) is 0.467. The average molecular weight is 361 g/mol. The Bertz CT molecular complexity index is 443. The van der Waals surface area contributed by atoms with Crippen LogP contribution in [0, 0.1) is 5.92 Å². The van der Waals surface area contributed by atoms with Gasteiger partial charge in [0.15, 0.2) is 0 Å². The molecule has 1 amide bonds. The molecule has 0 spiro atoms. The van der Waals surface area contributed by atoms with Crippen molar-refractivity contribution in [2.24, 2.45) is 21.9 Å². The first-order valence-corrected chi connectivity index (χ1v) is 7.89. The number of ether oxygens (including phenoxy) is 1. The van der Waals surface area contributed by atoms with Gasteiger partial charge in [-0.15, -0.1) is 0 Å². The van der Waals surface area contributed by atoms with Crippen LogP contribution in [0.2, 0.25) is 0 Å². The molecule has 0 aromatic carbocycles. The van der Waals surface area contributed by atoms with Gasteiger partial charge in [-0.3, -0.25) is 4.99 Å². The SMILES string of the molecule is CC(=NC1CCN(C(=O)OC(C)(C)C)CC1C)/C(Br)=N\N. The Morgan fingerprint density at radius 3 is 2.52 bits per heavy atom. The molecule has 1 saturated heterocycles. The van der Waals surface area contributed by atoms with Gasteiger partial charge in [0, 0.05) is 13.1 Å². The summed E-state index contributed by atoms with van der Waals surface area (Å²) in [5.74, 6) is 5.49. The van der Waals surface area contributed by atoms with Crippen LogP contribution in [0.4, 0.5) is 4.79 Å². The molecule has 2 unspecified atom stereocenters. The zero-order valence-corrected chi connectivity index (χ0v) is 15.0. The average Bonchev–Trinajstić information content (AvgIpc) is 2.37. The van der Waals surface area contributed by atoms with Crippen molar-refractivity contribution in [2.75, 3.05) is 13.1 Å². The number of rotatable bonds is 2. The lowest BCUT2D eigenvalue weighted by atomic mass is 9.94. The highest BCUT2D eigenvalue weighted by Gasteiger charge is 2.31. The summed E-state index contributed by atoms with van der Waals surface area (Å²) in [7, 11) is 0. The zero-order valence-electron chi connectivity index (χ0n) is 13.4. The van der Waals surface area contributed by atoms with Gasteiger partial charge in [0.25, 0.3) is 0 Å². The van der Waals surface area contributed by atoms with Crippen molar-refractivity contribution in [1.29, 1.82) is 0 Å². The van der Waals surface area contributed by atoms with Gasteiger partial charge < -0.3 is 15.5 Å². The van der Waals surface area contributed by atoms with Crippen molar-refractivity contribution in [2.45, 2.75) is 52.7 Å². The van der Waals surface area contributed by atoms with E-state index in [1.54, 1.807) is 4.90 Å². The minimum atomic E-state index is -0.464. The fraction of sp³-hybridized carbons (Fsp3) is 0.786. The highest BCUT2D eigenvalue weighted by molar-refractivity contribution is 9.19. The maximum absolute atomic E-state index is 12.1. The van der Waals surface area contributed by atoms with E-state index in [0.717, 1.165) is 12.1 Å². The standard InChI is InChI=1S/C14H25BrN4O2/c1-9-8-19(13(20)21-14(3,4)5)7-6-11(9)17-10(2)12(15)18-16/h9,11H,6-8,16H2,1-5H3/b17-10?,18-12+. The van der Waals surface area contributed by atoms with E-state index in [4.69, 9.17) is 10.6 Å². The van der Waals surface area contributed by atoms with Crippen LogP contribution < -0.4 is 5.84 Å². The number of piperidine rings is 1. The molecule has 0 aromatic rings. The van der Waals surface area contributed by atoms with Gasteiger partial charge in [-0.1, -0.05) is 6.92 Å². The summed E-state index contributed by atoms with van der Waals surface area (Å²) in [6, 6.07) is 0.165. The maximum atomic E-state index is 12.1. The summed E-state index contributed by atoms with van der Waals surface area (Å²) in [5, 5.41) is 3.58. The van der Waals surface area contributed by atoms with E-state index in [1.807, 2.05) is 27.7 Å². The molecule has 21 heavy (non-hydrogen) atoms.